The van der Waals surface area contributed by atoms with Crippen LogP contribution < -0.4 is 5.32 Å². The van der Waals surface area contributed by atoms with Crippen molar-refractivity contribution in [2.24, 2.45) is 0 Å². The molecule has 1 aromatic heterocycles. The summed E-state index contributed by atoms with van der Waals surface area (Å²) in [5.41, 5.74) is 7.07. The molecule has 0 unspecified atom stereocenters. The van der Waals surface area contributed by atoms with Crippen LogP contribution in [0.1, 0.15) is 28.7 Å². The Morgan fingerprint density at radius 3 is 2.81 bits per heavy atom. The van der Waals surface area contributed by atoms with Crippen LogP contribution in [0.4, 0.5) is 5.69 Å². The van der Waals surface area contributed by atoms with E-state index in [9.17, 15) is 4.79 Å². The van der Waals surface area contributed by atoms with Crippen LogP contribution in [-0.4, -0.2) is 16.6 Å². The maximum atomic E-state index is 12.3. The number of aromatic nitrogens is 1. The minimum atomic E-state index is 0.0114. The van der Waals surface area contributed by atoms with Crippen molar-refractivity contribution < 1.29 is 4.79 Å². The Labute approximate surface area is 158 Å². The average Bonchev–Trinajstić information content (AvgIpc) is 3.09. The van der Waals surface area contributed by atoms with E-state index >= 15 is 0 Å². The molecule has 1 aliphatic rings. The van der Waals surface area contributed by atoms with Crippen LogP contribution in [0.2, 0.25) is 0 Å². The van der Waals surface area contributed by atoms with Crippen molar-refractivity contribution in [3.63, 3.8) is 0 Å². The van der Waals surface area contributed by atoms with Crippen molar-refractivity contribution in [2.45, 2.75) is 38.1 Å². The van der Waals surface area contributed by atoms with Crippen molar-refractivity contribution >= 4 is 34.3 Å². The number of hydrogen-bond donors (Lipinski definition) is 1. The molecule has 0 fully saturated rings. The van der Waals surface area contributed by atoms with Gasteiger partial charge in [0.2, 0.25) is 5.91 Å². The van der Waals surface area contributed by atoms with Gasteiger partial charge < -0.3 is 5.32 Å². The lowest BCUT2D eigenvalue weighted by molar-refractivity contribution is -0.113. The maximum absolute atomic E-state index is 12.3. The molecule has 4 rings (SSSR count). The molecule has 0 bridgehead atoms. The number of benzene rings is 2. The number of aryl methyl sites for hydroxylation is 4. The number of para-hydroxylation sites is 1. The summed E-state index contributed by atoms with van der Waals surface area (Å²) in [4.78, 5) is 17.1. The molecule has 0 radical (unpaired) electrons. The SMILES string of the molecule is Cc1cc(SCC(=O)Nc2ccc3c(c2)CCC3)nc2c(C)cccc12. The lowest BCUT2D eigenvalue weighted by atomic mass is 10.1. The number of nitrogens with zero attached hydrogens (tertiary/aromatic N) is 1. The van der Waals surface area contributed by atoms with Gasteiger partial charge in [-0.3, -0.25) is 4.79 Å². The summed E-state index contributed by atoms with van der Waals surface area (Å²) in [6.45, 7) is 4.17. The molecule has 0 spiro atoms. The molecule has 2 aromatic carbocycles. The third kappa shape index (κ3) is 3.47. The summed E-state index contributed by atoms with van der Waals surface area (Å²) < 4.78 is 0. The van der Waals surface area contributed by atoms with Gasteiger partial charge in [-0.25, -0.2) is 4.98 Å². The molecule has 1 amide bonds. The van der Waals surface area contributed by atoms with Crippen LogP contribution in [0.15, 0.2) is 47.5 Å². The minimum Gasteiger partial charge on any atom is -0.325 e. The number of pyridine rings is 1. The molecule has 26 heavy (non-hydrogen) atoms. The second kappa shape index (κ2) is 7.12. The van der Waals surface area contributed by atoms with Gasteiger partial charge in [-0.1, -0.05) is 36.0 Å². The molecule has 0 saturated heterocycles. The molecule has 0 aliphatic heterocycles. The fraction of sp³-hybridized carbons (Fsp3) is 0.273. The Morgan fingerprint density at radius 1 is 1.08 bits per heavy atom. The summed E-state index contributed by atoms with van der Waals surface area (Å²) in [5.74, 6) is 0.373. The molecule has 4 heteroatoms. The van der Waals surface area contributed by atoms with Crippen LogP contribution >= 0.6 is 11.8 Å². The monoisotopic (exact) mass is 362 g/mol. The predicted octanol–water partition coefficient (Wildman–Crippen LogP) is 5.07. The van der Waals surface area contributed by atoms with E-state index in [1.54, 1.807) is 0 Å². The predicted molar refractivity (Wildman–Crippen MR) is 109 cm³/mol. The van der Waals surface area contributed by atoms with E-state index in [1.807, 2.05) is 6.07 Å². The lowest BCUT2D eigenvalue weighted by Crippen LogP contribution is -2.14. The van der Waals surface area contributed by atoms with Crippen LogP contribution in [0.25, 0.3) is 10.9 Å². The zero-order valence-corrected chi connectivity index (χ0v) is 16.0. The van der Waals surface area contributed by atoms with Gasteiger partial charge in [-0.2, -0.15) is 0 Å². The molecule has 0 saturated carbocycles. The van der Waals surface area contributed by atoms with Gasteiger partial charge in [0.1, 0.15) is 0 Å². The number of thioether (sulfide) groups is 1. The second-order valence-electron chi connectivity index (χ2n) is 6.92. The molecule has 3 nitrogen and oxygen atoms in total. The van der Waals surface area contributed by atoms with Crippen LogP contribution in [0.5, 0.6) is 0 Å². The minimum absolute atomic E-state index is 0.0114. The maximum Gasteiger partial charge on any atom is 0.234 e. The van der Waals surface area contributed by atoms with E-state index in [0.717, 1.165) is 34.6 Å². The first-order valence-corrected chi connectivity index (χ1v) is 10.00. The van der Waals surface area contributed by atoms with Crippen molar-refractivity contribution in [2.75, 3.05) is 11.1 Å². The largest absolute Gasteiger partial charge is 0.325 e. The van der Waals surface area contributed by atoms with E-state index in [0.29, 0.717) is 5.75 Å². The Morgan fingerprint density at radius 2 is 1.92 bits per heavy atom. The Bertz CT molecular complexity index is 997. The van der Waals surface area contributed by atoms with Crippen LogP contribution in [-0.2, 0) is 17.6 Å². The number of anilines is 1. The molecule has 132 valence electrons. The van der Waals surface area contributed by atoms with E-state index in [1.165, 1.54) is 40.3 Å². The van der Waals surface area contributed by atoms with Crippen molar-refractivity contribution in [1.82, 2.24) is 4.98 Å². The highest BCUT2D eigenvalue weighted by Crippen LogP contribution is 2.27. The van der Waals surface area contributed by atoms with Gasteiger partial charge in [-0.05, 0) is 73.6 Å². The number of rotatable bonds is 4. The molecular weight excluding hydrogens is 340 g/mol. The Balaban J connectivity index is 1.44. The summed E-state index contributed by atoms with van der Waals surface area (Å²) in [6, 6.07) is 14.6. The summed E-state index contributed by atoms with van der Waals surface area (Å²) in [7, 11) is 0. The van der Waals surface area contributed by atoms with Gasteiger partial charge in [-0.15, -0.1) is 0 Å². The van der Waals surface area contributed by atoms with E-state index in [4.69, 9.17) is 4.98 Å². The highest BCUT2D eigenvalue weighted by Gasteiger charge is 2.12. The standard InChI is InChI=1S/C22H22N2OS/c1-14-5-3-8-19-15(2)11-21(24-22(14)19)26-13-20(25)23-18-10-9-16-6-4-7-17(16)12-18/h3,5,8-12H,4,6-7,13H2,1-2H3,(H,23,25). The van der Waals surface area contributed by atoms with E-state index in [2.05, 4.69) is 55.6 Å². The molecule has 1 heterocycles. The van der Waals surface area contributed by atoms with E-state index < -0.39 is 0 Å². The third-order valence-corrected chi connectivity index (χ3v) is 5.87. The van der Waals surface area contributed by atoms with Crippen molar-refractivity contribution in [3.8, 4) is 0 Å². The summed E-state index contributed by atoms with van der Waals surface area (Å²) >= 11 is 1.49. The van der Waals surface area contributed by atoms with Crippen LogP contribution in [0, 0.1) is 13.8 Å². The Kier molecular flexibility index (Phi) is 4.68. The first-order chi connectivity index (χ1) is 12.6. The zero-order valence-electron chi connectivity index (χ0n) is 15.1. The Hall–Kier alpha value is -2.33. The first kappa shape index (κ1) is 17.1. The number of carbonyl (C=O) groups is 1. The van der Waals surface area contributed by atoms with Gasteiger partial charge in [0, 0.05) is 11.1 Å². The van der Waals surface area contributed by atoms with Crippen LogP contribution in [0.3, 0.4) is 0 Å². The van der Waals surface area contributed by atoms with Gasteiger partial charge in [0.15, 0.2) is 0 Å². The first-order valence-electron chi connectivity index (χ1n) is 9.01. The van der Waals surface area contributed by atoms with Gasteiger partial charge in [0.25, 0.3) is 0 Å². The topological polar surface area (TPSA) is 42.0 Å². The number of fused-ring (bicyclic) bond motifs is 2. The normalized spacial score (nSPS) is 13.0. The number of hydrogen-bond acceptors (Lipinski definition) is 3. The van der Waals surface area contributed by atoms with Crippen molar-refractivity contribution in [3.05, 3.63) is 64.7 Å². The number of amides is 1. The molecule has 1 aliphatic carbocycles. The summed E-state index contributed by atoms with van der Waals surface area (Å²) in [6.07, 6.45) is 3.49. The molecule has 1 N–H and O–H groups in total. The smallest absolute Gasteiger partial charge is 0.234 e. The number of nitrogens with one attached hydrogen (secondary N) is 1. The van der Waals surface area contributed by atoms with Gasteiger partial charge >= 0.3 is 0 Å². The lowest BCUT2D eigenvalue weighted by Gasteiger charge is -2.09. The average molecular weight is 362 g/mol. The fourth-order valence-corrected chi connectivity index (χ4v) is 4.36. The molecular formula is C22H22N2OS. The van der Waals surface area contributed by atoms with E-state index in [-0.39, 0.29) is 5.91 Å². The summed E-state index contributed by atoms with van der Waals surface area (Å²) in [5, 5.41) is 5.09. The number of carbonyl (C=O) groups excluding carboxylic acids is 1. The third-order valence-electron chi connectivity index (χ3n) is 4.96. The quantitative estimate of drug-likeness (QED) is 0.659. The highest BCUT2D eigenvalue weighted by molar-refractivity contribution is 7.99. The highest BCUT2D eigenvalue weighted by atomic mass is 32.2. The van der Waals surface area contributed by atoms with Crippen molar-refractivity contribution in [1.29, 1.82) is 0 Å². The molecule has 3 aromatic rings. The fourth-order valence-electron chi connectivity index (χ4n) is 3.59. The van der Waals surface area contributed by atoms with Gasteiger partial charge in [0.05, 0.1) is 16.3 Å². The zero-order chi connectivity index (χ0) is 18.1. The second-order valence-corrected chi connectivity index (χ2v) is 7.92. The molecule has 0 atom stereocenters.